The minimum absolute atomic E-state index is 0.0208. The van der Waals surface area contributed by atoms with E-state index in [0.717, 1.165) is 46.5 Å². The topological polar surface area (TPSA) is 55.2 Å². The number of carbonyl (C=O) groups excluding carboxylic acids is 1. The Morgan fingerprint density at radius 2 is 1.88 bits per heavy atom. The summed E-state index contributed by atoms with van der Waals surface area (Å²) in [5.41, 5.74) is 3.66. The highest BCUT2D eigenvalue weighted by Crippen LogP contribution is 2.34. The Bertz CT molecular complexity index is 1360. The standard InChI is InChI=1S/C25H23N3O2S2/c1-16-8-10-18(11-9-16)28-24(30)22-19-12-13-27(2)14-21(19)32-23(22)26-25(28)31-15-20(29)17-6-4-3-5-7-17/h3-11H,12-15H2,1-2H3. The Balaban J connectivity index is 1.61. The minimum atomic E-state index is -0.0458. The molecule has 0 unspecified atom stereocenters. The molecule has 0 saturated heterocycles. The van der Waals surface area contributed by atoms with Crippen molar-refractivity contribution in [3.8, 4) is 5.69 Å². The first-order valence-electron chi connectivity index (χ1n) is 10.5. The molecule has 0 amide bonds. The molecule has 0 aliphatic carbocycles. The highest BCUT2D eigenvalue weighted by molar-refractivity contribution is 7.99. The van der Waals surface area contributed by atoms with Gasteiger partial charge in [0.25, 0.3) is 5.56 Å². The van der Waals surface area contributed by atoms with Gasteiger partial charge in [-0.05, 0) is 38.1 Å². The van der Waals surface area contributed by atoms with E-state index >= 15 is 0 Å². The van der Waals surface area contributed by atoms with Crippen molar-refractivity contribution in [1.82, 2.24) is 14.5 Å². The molecule has 7 heteroatoms. The molecular weight excluding hydrogens is 438 g/mol. The van der Waals surface area contributed by atoms with Crippen LogP contribution in [0.2, 0.25) is 0 Å². The second-order valence-electron chi connectivity index (χ2n) is 8.12. The number of thioether (sulfide) groups is 1. The van der Waals surface area contributed by atoms with Gasteiger partial charge in [-0.2, -0.15) is 0 Å². The van der Waals surface area contributed by atoms with Gasteiger partial charge in [0.2, 0.25) is 0 Å². The summed E-state index contributed by atoms with van der Waals surface area (Å²) in [6.45, 7) is 3.80. The van der Waals surface area contributed by atoms with E-state index in [1.807, 2.05) is 61.5 Å². The molecule has 1 aliphatic rings. The number of likely N-dealkylation sites (N-methyl/N-ethyl adjacent to an activating group) is 1. The Morgan fingerprint density at radius 3 is 2.62 bits per heavy atom. The summed E-state index contributed by atoms with van der Waals surface area (Å²) in [5.74, 6) is 0.245. The van der Waals surface area contributed by atoms with E-state index in [-0.39, 0.29) is 17.1 Å². The molecule has 162 valence electrons. The summed E-state index contributed by atoms with van der Waals surface area (Å²) in [6, 6.07) is 17.1. The first kappa shape index (κ1) is 21.1. The molecule has 0 radical (unpaired) electrons. The van der Waals surface area contributed by atoms with Crippen LogP contribution in [0.15, 0.2) is 64.5 Å². The number of thiophene rings is 1. The second kappa shape index (κ2) is 8.65. The molecule has 3 heterocycles. The van der Waals surface area contributed by atoms with Gasteiger partial charge in [0, 0.05) is 23.5 Å². The molecule has 0 atom stereocenters. The zero-order valence-electron chi connectivity index (χ0n) is 18.0. The smallest absolute Gasteiger partial charge is 0.267 e. The van der Waals surface area contributed by atoms with Crippen molar-refractivity contribution in [1.29, 1.82) is 0 Å². The lowest BCUT2D eigenvalue weighted by Gasteiger charge is -2.21. The highest BCUT2D eigenvalue weighted by Gasteiger charge is 2.24. The molecule has 4 aromatic rings. The number of carbonyl (C=O) groups is 1. The lowest BCUT2D eigenvalue weighted by Crippen LogP contribution is -2.27. The summed E-state index contributed by atoms with van der Waals surface area (Å²) < 4.78 is 1.68. The number of ketones is 1. The molecular formula is C25H23N3O2S2. The maximum atomic E-state index is 13.8. The average molecular weight is 462 g/mol. The zero-order valence-corrected chi connectivity index (χ0v) is 19.6. The van der Waals surface area contributed by atoms with Gasteiger partial charge in [-0.25, -0.2) is 4.98 Å². The maximum absolute atomic E-state index is 13.8. The number of hydrogen-bond donors (Lipinski definition) is 0. The number of hydrogen-bond acceptors (Lipinski definition) is 6. The van der Waals surface area contributed by atoms with Crippen LogP contribution in [0.5, 0.6) is 0 Å². The van der Waals surface area contributed by atoms with E-state index in [1.165, 1.54) is 16.6 Å². The SMILES string of the molecule is Cc1ccc(-n2c(SCC(=O)c3ccccc3)nc3sc4c(c3c2=O)CCN(C)C4)cc1. The van der Waals surface area contributed by atoms with Crippen LogP contribution in [-0.2, 0) is 13.0 Å². The first-order chi connectivity index (χ1) is 15.5. The molecule has 5 nitrogen and oxygen atoms in total. The Morgan fingerprint density at radius 1 is 1.12 bits per heavy atom. The average Bonchev–Trinajstić information content (AvgIpc) is 3.16. The molecule has 2 aromatic carbocycles. The molecule has 0 N–H and O–H groups in total. The highest BCUT2D eigenvalue weighted by atomic mass is 32.2. The lowest BCUT2D eigenvalue weighted by molar-refractivity contribution is 0.102. The molecule has 0 fully saturated rings. The molecule has 32 heavy (non-hydrogen) atoms. The van der Waals surface area contributed by atoms with E-state index in [9.17, 15) is 9.59 Å². The van der Waals surface area contributed by atoms with Crippen molar-refractivity contribution in [3.05, 3.63) is 86.5 Å². The number of aryl methyl sites for hydroxylation is 1. The van der Waals surface area contributed by atoms with Gasteiger partial charge >= 0.3 is 0 Å². The van der Waals surface area contributed by atoms with Crippen molar-refractivity contribution in [2.75, 3.05) is 19.3 Å². The molecule has 2 aromatic heterocycles. The first-order valence-corrected chi connectivity index (χ1v) is 12.4. The summed E-state index contributed by atoms with van der Waals surface area (Å²) in [6.07, 6.45) is 0.857. The fraction of sp³-hybridized carbons (Fsp3) is 0.240. The van der Waals surface area contributed by atoms with Crippen LogP contribution in [0.3, 0.4) is 0 Å². The van der Waals surface area contributed by atoms with Crippen molar-refractivity contribution >= 4 is 39.1 Å². The number of benzene rings is 2. The monoisotopic (exact) mass is 461 g/mol. The number of fused-ring (bicyclic) bond motifs is 3. The normalized spacial score (nSPS) is 13.9. The fourth-order valence-electron chi connectivity index (χ4n) is 4.01. The third-order valence-electron chi connectivity index (χ3n) is 5.75. The Kier molecular flexibility index (Phi) is 5.71. The third-order valence-corrected chi connectivity index (χ3v) is 7.80. The summed E-state index contributed by atoms with van der Waals surface area (Å²) in [5, 5.41) is 1.29. The summed E-state index contributed by atoms with van der Waals surface area (Å²) in [7, 11) is 2.10. The lowest BCUT2D eigenvalue weighted by atomic mass is 10.1. The van der Waals surface area contributed by atoms with Crippen LogP contribution >= 0.6 is 23.1 Å². The molecule has 0 bridgehead atoms. The van der Waals surface area contributed by atoms with Crippen LogP contribution in [0.25, 0.3) is 15.9 Å². The quantitative estimate of drug-likeness (QED) is 0.245. The summed E-state index contributed by atoms with van der Waals surface area (Å²) in [4.78, 5) is 35.7. The van der Waals surface area contributed by atoms with E-state index in [1.54, 1.807) is 15.9 Å². The van der Waals surface area contributed by atoms with Crippen LogP contribution in [-0.4, -0.2) is 39.6 Å². The van der Waals surface area contributed by atoms with Crippen LogP contribution in [0.1, 0.15) is 26.4 Å². The maximum Gasteiger partial charge on any atom is 0.267 e. The number of Topliss-reactive ketones (excluding diaryl/α,β-unsaturated/α-hetero) is 1. The molecule has 1 aliphatic heterocycles. The van der Waals surface area contributed by atoms with E-state index in [4.69, 9.17) is 4.98 Å². The van der Waals surface area contributed by atoms with Gasteiger partial charge in [-0.1, -0.05) is 59.8 Å². The van der Waals surface area contributed by atoms with Crippen molar-refractivity contribution < 1.29 is 4.79 Å². The number of nitrogens with zero attached hydrogens (tertiary/aromatic N) is 3. The van der Waals surface area contributed by atoms with E-state index < -0.39 is 0 Å². The zero-order chi connectivity index (χ0) is 22.2. The van der Waals surface area contributed by atoms with Gasteiger partial charge in [0.05, 0.1) is 16.8 Å². The predicted molar refractivity (Wildman–Crippen MR) is 131 cm³/mol. The fourth-order valence-corrected chi connectivity index (χ4v) is 6.26. The Labute approximate surface area is 194 Å². The summed E-state index contributed by atoms with van der Waals surface area (Å²) >= 11 is 2.93. The molecule has 0 spiro atoms. The van der Waals surface area contributed by atoms with Crippen molar-refractivity contribution in [2.24, 2.45) is 0 Å². The molecule has 0 saturated carbocycles. The van der Waals surface area contributed by atoms with Gasteiger partial charge in [0.1, 0.15) is 4.83 Å². The van der Waals surface area contributed by atoms with Gasteiger partial charge < -0.3 is 4.90 Å². The Hall–Kier alpha value is -2.74. The minimum Gasteiger partial charge on any atom is -0.301 e. The van der Waals surface area contributed by atoms with E-state index in [2.05, 4.69) is 11.9 Å². The molecule has 5 rings (SSSR count). The van der Waals surface area contributed by atoms with Crippen molar-refractivity contribution in [3.63, 3.8) is 0 Å². The van der Waals surface area contributed by atoms with Crippen LogP contribution in [0.4, 0.5) is 0 Å². The second-order valence-corrected chi connectivity index (χ2v) is 10.1. The predicted octanol–water partition coefficient (Wildman–Crippen LogP) is 4.72. The van der Waals surface area contributed by atoms with Gasteiger partial charge in [-0.15, -0.1) is 11.3 Å². The largest absolute Gasteiger partial charge is 0.301 e. The van der Waals surface area contributed by atoms with Crippen molar-refractivity contribution in [2.45, 2.75) is 25.0 Å². The van der Waals surface area contributed by atoms with E-state index in [0.29, 0.717) is 10.7 Å². The van der Waals surface area contributed by atoms with Gasteiger partial charge in [-0.3, -0.25) is 14.2 Å². The van der Waals surface area contributed by atoms with Crippen LogP contribution in [0, 0.1) is 6.92 Å². The number of aromatic nitrogens is 2. The van der Waals surface area contributed by atoms with Crippen LogP contribution < -0.4 is 5.56 Å². The van der Waals surface area contributed by atoms with Gasteiger partial charge in [0.15, 0.2) is 10.9 Å². The third kappa shape index (κ3) is 3.92. The number of rotatable bonds is 5.